The lowest BCUT2D eigenvalue weighted by molar-refractivity contribution is -0.113. The first-order chi connectivity index (χ1) is 19.0. The zero-order valence-corrected chi connectivity index (χ0v) is 22.2. The molecule has 3 aromatic heterocycles. The summed E-state index contributed by atoms with van der Waals surface area (Å²) in [7, 11) is 1.79. The molecule has 3 heterocycles. The fourth-order valence-electron chi connectivity index (χ4n) is 4.69. The Kier molecular flexibility index (Phi) is 6.45. The van der Waals surface area contributed by atoms with Crippen molar-refractivity contribution in [3.8, 4) is 5.69 Å². The fourth-order valence-corrected chi connectivity index (χ4v) is 5.28. The molecule has 0 saturated heterocycles. The minimum absolute atomic E-state index is 0.0329. The first-order valence-electron chi connectivity index (χ1n) is 12.4. The molecule has 1 amide bonds. The van der Waals surface area contributed by atoms with Gasteiger partial charge in [-0.3, -0.25) is 14.3 Å². The van der Waals surface area contributed by atoms with Crippen molar-refractivity contribution in [3.63, 3.8) is 0 Å². The Balaban J connectivity index is 1.25. The maximum absolute atomic E-state index is 13.1. The second-order valence-corrected chi connectivity index (χ2v) is 10.1. The summed E-state index contributed by atoms with van der Waals surface area (Å²) < 4.78 is 5.38. The summed E-state index contributed by atoms with van der Waals surface area (Å²) in [5.41, 5.74) is 4.95. The average Bonchev–Trinajstić information content (AvgIpc) is 3.38. The van der Waals surface area contributed by atoms with Gasteiger partial charge in [-0.1, -0.05) is 78.5 Å². The minimum atomic E-state index is -0.320. The van der Waals surface area contributed by atoms with Crippen molar-refractivity contribution in [2.24, 2.45) is 7.05 Å². The van der Waals surface area contributed by atoms with Crippen molar-refractivity contribution in [2.75, 3.05) is 11.1 Å². The summed E-state index contributed by atoms with van der Waals surface area (Å²) in [4.78, 5) is 30.8. The van der Waals surface area contributed by atoms with E-state index in [9.17, 15) is 9.59 Å². The van der Waals surface area contributed by atoms with Crippen LogP contribution in [0.1, 0.15) is 11.3 Å². The summed E-state index contributed by atoms with van der Waals surface area (Å²) in [6.45, 7) is 2.44. The number of aromatic nitrogens is 6. The molecule has 9 nitrogen and oxygen atoms in total. The topological polar surface area (TPSA) is 99.6 Å². The van der Waals surface area contributed by atoms with Gasteiger partial charge in [0.25, 0.3) is 5.56 Å². The summed E-state index contributed by atoms with van der Waals surface area (Å²) in [6, 6.07) is 27.5. The first-order valence-corrected chi connectivity index (χ1v) is 13.4. The molecule has 0 atom stereocenters. The van der Waals surface area contributed by atoms with E-state index >= 15 is 0 Å². The first kappa shape index (κ1) is 24.6. The van der Waals surface area contributed by atoms with Gasteiger partial charge in [0.05, 0.1) is 22.7 Å². The molecule has 0 aliphatic rings. The zero-order chi connectivity index (χ0) is 26.9. The number of benzene rings is 3. The third kappa shape index (κ3) is 4.59. The second kappa shape index (κ2) is 10.2. The number of para-hydroxylation sites is 2. The van der Waals surface area contributed by atoms with Crippen molar-refractivity contribution < 1.29 is 4.79 Å². The van der Waals surface area contributed by atoms with Crippen molar-refractivity contribution in [2.45, 2.75) is 18.6 Å². The van der Waals surface area contributed by atoms with Gasteiger partial charge in [0.2, 0.25) is 11.1 Å². The van der Waals surface area contributed by atoms with Gasteiger partial charge in [0.15, 0.2) is 5.65 Å². The summed E-state index contributed by atoms with van der Waals surface area (Å²) >= 11 is 1.18. The largest absolute Gasteiger partial charge is 0.319 e. The summed E-state index contributed by atoms with van der Waals surface area (Å²) in [6.07, 6.45) is 0. The SMILES string of the molecule is Cc1c(NC(=O)CSc2nnc3c4ccccc4n(Cc4ccccc4)c3n2)c(=O)n(-c2ccccc2)n1C. The maximum Gasteiger partial charge on any atom is 0.295 e. The van der Waals surface area contributed by atoms with Gasteiger partial charge in [-0.25, -0.2) is 9.67 Å². The van der Waals surface area contributed by atoms with Crippen LogP contribution in [0.3, 0.4) is 0 Å². The number of rotatable bonds is 7. The van der Waals surface area contributed by atoms with Crippen molar-refractivity contribution in [3.05, 3.63) is 107 Å². The van der Waals surface area contributed by atoms with E-state index in [-0.39, 0.29) is 22.9 Å². The van der Waals surface area contributed by atoms with Crippen LogP contribution in [0.15, 0.2) is 94.9 Å². The molecular weight excluding hydrogens is 510 g/mol. The fraction of sp³-hybridized carbons (Fsp3) is 0.138. The monoisotopic (exact) mass is 535 g/mol. The number of anilines is 1. The number of carbonyl (C=O) groups excluding carboxylic acids is 1. The quantitative estimate of drug-likeness (QED) is 0.301. The predicted molar refractivity (Wildman–Crippen MR) is 153 cm³/mol. The highest BCUT2D eigenvalue weighted by Crippen LogP contribution is 2.28. The smallest absolute Gasteiger partial charge is 0.295 e. The van der Waals surface area contributed by atoms with Crippen LogP contribution in [-0.4, -0.2) is 40.8 Å². The number of hydrogen-bond donors (Lipinski definition) is 1. The third-order valence-corrected chi connectivity index (χ3v) is 7.53. The highest BCUT2D eigenvalue weighted by Gasteiger charge is 2.19. The minimum Gasteiger partial charge on any atom is -0.319 e. The van der Waals surface area contributed by atoms with Gasteiger partial charge in [0, 0.05) is 19.0 Å². The van der Waals surface area contributed by atoms with Crippen molar-refractivity contribution in [1.82, 2.24) is 29.1 Å². The van der Waals surface area contributed by atoms with Gasteiger partial charge >= 0.3 is 0 Å². The lowest BCUT2D eigenvalue weighted by atomic mass is 10.2. The van der Waals surface area contributed by atoms with Crippen LogP contribution in [0.5, 0.6) is 0 Å². The molecular formula is C29H25N7O2S. The molecule has 0 fully saturated rings. The lowest BCUT2D eigenvalue weighted by Crippen LogP contribution is -2.23. The zero-order valence-electron chi connectivity index (χ0n) is 21.4. The standard InChI is InChI=1S/C29H25N7O2S/c1-19-25(28(38)36(34(19)2)21-13-7-4-8-14-21)30-24(37)18-39-29-31-27-26(32-33-29)22-15-9-10-16-23(22)35(27)17-20-11-5-3-6-12-20/h3-16H,17-18H2,1-2H3,(H,30,37). The van der Waals surface area contributed by atoms with Gasteiger partial charge in [-0.2, -0.15) is 0 Å². The molecule has 39 heavy (non-hydrogen) atoms. The Morgan fingerprint density at radius 3 is 2.38 bits per heavy atom. The molecule has 1 N–H and O–H groups in total. The molecule has 194 valence electrons. The number of amides is 1. The number of fused-ring (bicyclic) bond motifs is 3. The molecule has 0 unspecified atom stereocenters. The van der Waals surface area contributed by atoms with Crippen LogP contribution in [0.25, 0.3) is 27.8 Å². The van der Waals surface area contributed by atoms with Crippen molar-refractivity contribution >= 4 is 45.4 Å². The highest BCUT2D eigenvalue weighted by molar-refractivity contribution is 7.99. The van der Waals surface area contributed by atoms with Crippen LogP contribution in [-0.2, 0) is 18.4 Å². The Bertz CT molecular complexity index is 1880. The molecule has 3 aromatic carbocycles. The van der Waals surface area contributed by atoms with E-state index in [1.165, 1.54) is 16.4 Å². The summed E-state index contributed by atoms with van der Waals surface area (Å²) in [5.74, 6) is -0.287. The number of nitrogens with zero attached hydrogens (tertiary/aromatic N) is 6. The third-order valence-electron chi connectivity index (χ3n) is 6.69. The molecule has 0 saturated carbocycles. The van der Waals surface area contributed by atoms with Crippen LogP contribution in [0, 0.1) is 6.92 Å². The normalized spacial score (nSPS) is 11.3. The van der Waals surface area contributed by atoms with Crippen LogP contribution >= 0.6 is 11.8 Å². The number of hydrogen-bond acceptors (Lipinski definition) is 6. The van der Waals surface area contributed by atoms with E-state index in [4.69, 9.17) is 4.98 Å². The Hall–Kier alpha value is -4.70. The van der Waals surface area contributed by atoms with E-state index in [1.54, 1.807) is 18.7 Å². The Morgan fingerprint density at radius 1 is 0.923 bits per heavy atom. The van der Waals surface area contributed by atoms with E-state index in [0.29, 0.717) is 23.0 Å². The highest BCUT2D eigenvalue weighted by atomic mass is 32.2. The predicted octanol–water partition coefficient (Wildman–Crippen LogP) is 4.56. The maximum atomic E-state index is 13.1. The Labute approximate surface area is 228 Å². The van der Waals surface area contributed by atoms with E-state index < -0.39 is 0 Å². The number of nitrogens with one attached hydrogen (secondary N) is 1. The number of thioether (sulfide) groups is 1. The summed E-state index contributed by atoms with van der Waals surface area (Å²) in [5, 5.41) is 12.9. The van der Waals surface area contributed by atoms with Crippen LogP contribution in [0.2, 0.25) is 0 Å². The van der Waals surface area contributed by atoms with Crippen LogP contribution < -0.4 is 10.9 Å². The van der Waals surface area contributed by atoms with Crippen LogP contribution in [0.4, 0.5) is 5.69 Å². The lowest BCUT2D eigenvalue weighted by Gasteiger charge is -2.07. The van der Waals surface area contributed by atoms with E-state index in [1.807, 2.05) is 72.8 Å². The molecule has 6 aromatic rings. The average molecular weight is 536 g/mol. The van der Waals surface area contributed by atoms with Gasteiger partial charge < -0.3 is 9.88 Å². The molecule has 0 radical (unpaired) electrons. The molecule has 0 spiro atoms. The van der Waals surface area contributed by atoms with E-state index in [0.717, 1.165) is 27.7 Å². The van der Waals surface area contributed by atoms with Gasteiger partial charge in [-0.05, 0) is 30.7 Å². The van der Waals surface area contributed by atoms with E-state index in [2.05, 4.69) is 32.2 Å². The second-order valence-electron chi connectivity index (χ2n) is 9.13. The molecule has 0 bridgehead atoms. The molecule has 6 rings (SSSR count). The van der Waals surface area contributed by atoms with Gasteiger partial charge in [0.1, 0.15) is 11.2 Å². The molecule has 0 aliphatic carbocycles. The Morgan fingerprint density at radius 2 is 1.62 bits per heavy atom. The van der Waals surface area contributed by atoms with Crippen molar-refractivity contribution in [1.29, 1.82) is 0 Å². The molecule has 0 aliphatic heterocycles. The molecule has 10 heteroatoms. The number of carbonyl (C=O) groups is 1. The van der Waals surface area contributed by atoms with Gasteiger partial charge in [-0.15, -0.1) is 10.2 Å².